The Kier molecular flexibility index (Phi) is 7.50. The molecule has 112 valence electrons. The molecule has 0 saturated heterocycles. The fraction of sp³-hybridized carbons (Fsp3) is 0.533. The molecule has 0 aliphatic heterocycles. The second kappa shape index (κ2) is 9.20. The van der Waals surface area contributed by atoms with Crippen molar-refractivity contribution < 1.29 is 19.0 Å². The molecular weight excluding hydrogens is 258 g/mol. The highest BCUT2D eigenvalue weighted by Crippen LogP contribution is 2.26. The number of likely N-dealkylation sites (N-methyl/N-ethyl adjacent to an activating group) is 1. The minimum atomic E-state index is -0.358. The molecule has 0 aliphatic rings. The molecule has 0 spiro atoms. The predicted molar refractivity (Wildman–Crippen MR) is 77.2 cm³/mol. The van der Waals surface area contributed by atoms with Crippen molar-refractivity contribution in [3.8, 4) is 11.5 Å². The maximum absolute atomic E-state index is 11.4. The molecule has 1 aromatic carbocycles. The molecule has 5 heteroatoms. The van der Waals surface area contributed by atoms with Crippen LogP contribution in [0, 0.1) is 0 Å². The third-order valence-corrected chi connectivity index (χ3v) is 2.81. The van der Waals surface area contributed by atoms with Crippen molar-refractivity contribution in [2.75, 3.05) is 27.4 Å². The summed E-state index contributed by atoms with van der Waals surface area (Å²) in [6.45, 7) is 3.12. The van der Waals surface area contributed by atoms with E-state index in [2.05, 4.69) is 12.2 Å². The average molecular weight is 281 g/mol. The topological polar surface area (TPSA) is 56.8 Å². The number of hydrogen-bond donors (Lipinski definition) is 1. The maximum Gasteiger partial charge on any atom is 0.322 e. The molecule has 0 bridgehead atoms. The van der Waals surface area contributed by atoms with E-state index in [1.54, 1.807) is 7.05 Å². The van der Waals surface area contributed by atoms with Gasteiger partial charge in [0, 0.05) is 6.42 Å². The van der Waals surface area contributed by atoms with Crippen molar-refractivity contribution in [1.82, 2.24) is 5.32 Å². The van der Waals surface area contributed by atoms with Crippen LogP contribution in [0.5, 0.6) is 11.5 Å². The Bertz CT molecular complexity index is 409. The van der Waals surface area contributed by atoms with Gasteiger partial charge in [-0.05, 0) is 25.6 Å². The van der Waals surface area contributed by atoms with E-state index in [0.717, 1.165) is 12.2 Å². The lowest BCUT2D eigenvalue weighted by Crippen LogP contribution is -2.36. The van der Waals surface area contributed by atoms with E-state index in [9.17, 15) is 4.79 Å². The van der Waals surface area contributed by atoms with Crippen LogP contribution in [0.4, 0.5) is 0 Å². The molecule has 0 saturated carbocycles. The van der Waals surface area contributed by atoms with Crippen LogP contribution < -0.4 is 14.8 Å². The number of nitrogens with one attached hydrogen (secondary N) is 1. The first-order valence-electron chi connectivity index (χ1n) is 6.82. The fourth-order valence-corrected chi connectivity index (χ4v) is 1.71. The molecule has 0 aliphatic carbocycles. The Morgan fingerprint density at radius 2 is 1.80 bits per heavy atom. The van der Waals surface area contributed by atoms with Gasteiger partial charge in [0.2, 0.25) is 0 Å². The zero-order valence-corrected chi connectivity index (χ0v) is 12.3. The minimum absolute atomic E-state index is 0.286. The van der Waals surface area contributed by atoms with E-state index in [1.165, 1.54) is 7.11 Å². The number of carbonyl (C=O) groups is 1. The normalized spacial score (nSPS) is 11.8. The number of esters is 1. The summed E-state index contributed by atoms with van der Waals surface area (Å²) < 4.78 is 16.0. The molecule has 0 fully saturated rings. The van der Waals surface area contributed by atoms with E-state index in [0.29, 0.717) is 25.4 Å². The number of rotatable bonds is 9. The Balaban J connectivity index is 2.50. The molecule has 0 heterocycles. The van der Waals surface area contributed by atoms with Gasteiger partial charge in [-0.25, -0.2) is 0 Å². The molecule has 1 unspecified atom stereocenters. The van der Waals surface area contributed by atoms with Crippen LogP contribution in [0.2, 0.25) is 0 Å². The van der Waals surface area contributed by atoms with Gasteiger partial charge in [0.05, 0.1) is 20.3 Å². The number of hydrogen-bond acceptors (Lipinski definition) is 5. The lowest BCUT2D eigenvalue weighted by Gasteiger charge is -2.15. The van der Waals surface area contributed by atoms with Crippen molar-refractivity contribution >= 4 is 5.97 Å². The van der Waals surface area contributed by atoms with Crippen LogP contribution in [0.3, 0.4) is 0 Å². The van der Waals surface area contributed by atoms with Crippen LogP contribution in [0.15, 0.2) is 24.3 Å². The third kappa shape index (κ3) is 5.09. The van der Waals surface area contributed by atoms with Gasteiger partial charge in [-0.15, -0.1) is 0 Å². The standard InChI is InChI=1S/C15H23NO4/c1-4-10-19-13-7-5-6-8-14(13)20-11-9-12(16-2)15(17)18-3/h5-8,12,16H,4,9-11H2,1-3H3. The van der Waals surface area contributed by atoms with Gasteiger partial charge in [0.15, 0.2) is 11.5 Å². The zero-order chi connectivity index (χ0) is 14.8. The number of carbonyl (C=O) groups excluding carboxylic acids is 1. The van der Waals surface area contributed by atoms with E-state index >= 15 is 0 Å². The van der Waals surface area contributed by atoms with Gasteiger partial charge < -0.3 is 19.5 Å². The molecule has 1 N–H and O–H groups in total. The number of benzene rings is 1. The molecule has 1 rings (SSSR count). The van der Waals surface area contributed by atoms with Gasteiger partial charge >= 0.3 is 5.97 Å². The molecule has 5 nitrogen and oxygen atoms in total. The summed E-state index contributed by atoms with van der Waals surface area (Å²) in [6, 6.07) is 7.18. The maximum atomic E-state index is 11.4. The van der Waals surface area contributed by atoms with E-state index in [-0.39, 0.29) is 12.0 Å². The Hall–Kier alpha value is -1.75. The third-order valence-electron chi connectivity index (χ3n) is 2.81. The van der Waals surface area contributed by atoms with Gasteiger partial charge in [0.1, 0.15) is 6.04 Å². The molecule has 0 radical (unpaired) electrons. The van der Waals surface area contributed by atoms with Crippen molar-refractivity contribution in [2.24, 2.45) is 0 Å². The monoisotopic (exact) mass is 281 g/mol. The van der Waals surface area contributed by atoms with Crippen LogP contribution in [0.1, 0.15) is 19.8 Å². The quantitative estimate of drug-likeness (QED) is 0.702. The summed E-state index contributed by atoms with van der Waals surface area (Å²) in [4.78, 5) is 11.4. The SMILES string of the molecule is CCCOc1ccccc1OCCC(NC)C(=O)OC. The highest BCUT2D eigenvalue weighted by Gasteiger charge is 2.16. The number of methoxy groups -OCH3 is 1. The molecule has 1 atom stereocenters. The Morgan fingerprint density at radius 1 is 1.20 bits per heavy atom. The summed E-state index contributed by atoms with van der Waals surface area (Å²) in [7, 11) is 3.10. The smallest absolute Gasteiger partial charge is 0.322 e. The predicted octanol–water partition coefficient (Wildman–Crippen LogP) is 2.01. The molecule has 1 aromatic rings. The fourth-order valence-electron chi connectivity index (χ4n) is 1.71. The van der Waals surface area contributed by atoms with Crippen LogP contribution in [-0.2, 0) is 9.53 Å². The van der Waals surface area contributed by atoms with Crippen LogP contribution in [-0.4, -0.2) is 39.4 Å². The van der Waals surface area contributed by atoms with Crippen LogP contribution in [0.25, 0.3) is 0 Å². The zero-order valence-electron chi connectivity index (χ0n) is 12.3. The van der Waals surface area contributed by atoms with Crippen LogP contribution >= 0.6 is 0 Å². The van der Waals surface area contributed by atoms with Crippen molar-refractivity contribution in [2.45, 2.75) is 25.8 Å². The lowest BCUT2D eigenvalue weighted by atomic mass is 10.2. The summed E-state index contributed by atoms with van der Waals surface area (Å²) in [5, 5.41) is 2.90. The van der Waals surface area contributed by atoms with Gasteiger partial charge in [-0.1, -0.05) is 19.1 Å². The molecule has 0 amide bonds. The number of ether oxygens (including phenoxy) is 3. The first-order chi connectivity index (χ1) is 9.72. The molecule has 0 aromatic heterocycles. The van der Waals surface area contributed by atoms with Crippen molar-refractivity contribution in [3.05, 3.63) is 24.3 Å². The molecule has 20 heavy (non-hydrogen) atoms. The first-order valence-corrected chi connectivity index (χ1v) is 6.82. The van der Waals surface area contributed by atoms with E-state index in [1.807, 2.05) is 24.3 Å². The second-order valence-corrected chi connectivity index (χ2v) is 4.30. The summed E-state index contributed by atoms with van der Waals surface area (Å²) in [5.74, 6) is 1.14. The van der Waals surface area contributed by atoms with Gasteiger partial charge in [-0.3, -0.25) is 4.79 Å². The van der Waals surface area contributed by atoms with Gasteiger partial charge in [0.25, 0.3) is 0 Å². The summed E-state index contributed by atoms with van der Waals surface area (Å²) in [5.41, 5.74) is 0. The summed E-state index contributed by atoms with van der Waals surface area (Å²) in [6.07, 6.45) is 1.48. The molecular formula is C15H23NO4. The van der Waals surface area contributed by atoms with Crippen molar-refractivity contribution in [3.63, 3.8) is 0 Å². The largest absolute Gasteiger partial charge is 0.490 e. The second-order valence-electron chi connectivity index (χ2n) is 4.30. The summed E-state index contributed by atoms with van der Waals surface area (Å²) >= 11 is 0. The highest BCUT2D eigenvalue weighted by molar-refractivity contribution is 5.75. The first kappa shape index (κ1) is 16.3. The average Bonchev–Trinajstić information content (AvgIpc) is 2.49. The highest BCUT2D eigenvalue weighted by atomic mass is 16.5. The Labute approximate surface area is 120 Å². The Morgan fingerprint density at radius 3 is 2.30 bits per heavy atom. The lowest BCUT2D eigenvalue weighted by molar-refractivity contribution is -0.143. The van der Waals surface area contributed by atoms with E-state index < -0.39 is 0 Å². The number of para-hydroxylation sites is 2. The van der Waals surface area contributed by atoms with E-state index in [4.69, 9.17) is 14.2 Å². The minimum Gasteiger partial charge on any atom is -0.490 e. The van der Waals surface area contributed by atoms with Crippen molar-refractivity contribution in [1.29, 1.82) is 0 Å². The van der Waals surface area contributed by atoms with Gasteiger partial charge in [-0.2, -0.15) is 0 Å².